The Balaban J connectivity index is 3.17. The fourth-order valence-electron chi connectivity index (χ4n) is 1.65. The molecule has 0 bridgehead atoms. The van der Waals surface area contributed by atoms with Gasteiger partial charge in [0.25, 0.3) is 0 Å². The molecule has 0 unspecified atom stereocenters. The molecule has 0 saturated carbocycles. The molecule has 4 heteroatoms. The van der Waals surface area contributed by atoms with E-state index in [1.165, 1.54) is 0 Å². The highest BCUT2D eigenvalue weighted by Gasteiger charge is 2.08. The van der Waals surface area contributed by atoms with Crippen molar-refractivity contribution in [3.8, 4) is 0 Å². The molecule has 0 radical (unpaired) electrons. The quantitative estimate of drug-likeness (QED) is 0.503. The molecule has 0 aromatic heterocycles. The molecule has 16 heavy (non-hydrogen) atoms. The molecule has 0 aliphatic rings. The number of rotatable bonds is 10. The fourth-order valence-corrected chi connectivity index (χ4v) is 1.65. The summed E-state index contributed by atoms with van der Waals surface area (Å²) in [5, 5.41) is 26.7. The minimum Gasteiger partial charge on any atom is -0.481 e. The molecule has 0 rings (SSSR count). The molecule has 0 heterocycles. The third-order valence-electron chi connectivity index (χ3n) is 2.57. The van der Waals surface area contributed by atoms with E-state index in [2.05, 4.69) is 0 Å². The second-order valence-corrected chi connectivity index (χ2v) is 4.45. The number of carboxylic acids is 1. The Bertz CT molecular complexity index is 180. The molecular formula is C12H24O4. The number of carbonyl (C=O) groups is 1. The van der Waals surface area contributed by atoms with Crippen molar-refractivity contribution in [3.05, 3.63) is 0 Å². The van der Waals surface area contributed by atoms with Crippen LogP contribution < -0.4 is 0 Å². The number of carboxylic acid groups (broad SMARTS) is 1. The zero-order valence-corrected chi connectivity index (χ0v) is 10.1. The summed E-state index contributed by atoms with van der Waals surface area (Å²) in [7, 11) is 0. The summed E-state index contributed by atoms with van der Waals surface area (Å²) in [4.78, 5) is 10.3. The Morgan fingerprint density at radius 3 is 2.00 bits per heavy atom. The van der Waals surface area contributed by atoms with Crippen LogP contribution in [0.2, 0.25) is 0 Å². The van der Waals surface area contributed by atoms with Crippen LogP contribution in [-0.4, -0.2) is 33.5 Å². The normalized spacial score (nSPS) is 14.7. The molecule has 0 amide bonds. The Hall–Kier alpha value is -0.610. The van der Waals surface area contributed by atoms with Gasteiger partial charge in [-0.25, -0.2) is 0 Å². The van der Waals surface area contributed by atoms with Crippen LogP contribution in [0.5, 0.6) is 0 Å². The Kier molecular flexibility index (Phi) is 9.24. The summed E-state index contributed by atoms with van der Waals surface area (Å²) >= 11 is 0. The van der Waals surface area contributed by atoms with Gasteiger partial charge < -0.3 is 15.3 Å². The summed E-state index contributed by atoms with van der Waals surface area (Å²) in [6, 6.07) is 0. The predicted molar refractivity (Wildman–Crippen MR) is 62.3 cm³/mol. The smallest absolute Gasteiger partial charge is 0.305 e. The Labute approximate surface area is 97.3 Å². The van der Waals surface area contributed by atoms with Gasteiger partial charge in [0, 0.05) is 0 Å². The Morgan fingerprint density at radius 1 is 1.00 bits per heavy atom. The average molecular weight is 232 g/mol. The van der Waals surface area contributed by atoms with Gasteiger partial charge in [0.15, 0.2) is 0 Å². The standard InChI is InChI=1S/C12H24O4/c1-10(13)7-5-3-2-4-6-8-11(14)9-12(15)16/h10-11,13-14H,2-9H2,1H3,(H,15,16)/t10-,11-/m1/s1. The van der Waals surface area contributed by atoms with E-state index in [1.807, 2.05) is 0 Å². The fraction of sp³-hybridized carbons (Fsp3) is 0.917. The van der Waals surface area contributed by atoms with Gasteiger partial charge in [-0.2, -0.15) is 0 Å². The van der Waals surface area contributed by atoms with Gasteiger partial charge in [-0.15, -0.1) is 0 Å². The molecule has 2 atom stereocenters. The lowest BCUT2D eigenvalue weighted by molar-refractivity contribution is -0.139. The lowest BCUT2D eigenvalue weighted by atomic mass is 10.0. The van der Waals surface area contributed by atoms with Crippen LogP contribution in [0.1, 0.15) is 58.3 Å². The summed E-state index contributed by atoms with van der Waals surface area (Å²) in [6.45, 7) is 1.79. The van der Waals surface area contributed by atoms with Crippen molar-refractivity contribution in [3.63, 3.8) is 0 Å². The van der Waals surface area contributed by atoms with Gasteiger partial charge in [0.2, 0.25) is 0 Å². The van der Waals surface area contributed by atoms with E-state index >= 15 is 0 Å². The number of hydrogen-bond donors (Lipinski definition) is 3. The van der Waals surface area contributed by atoms with E-state index in [-0.39, 0.29) is 12.5 Å². The second kappa shape index (κ2) is 9.60. The van der Waals surface area contributed by atoms with Crippen molar-refractivity contribution >= 4 is 5.97 Å². The minimum atomic E-state index is -0.940. The van der Waals surface area contributed by atoms with Crippen molar-refractivity contribution in [2.75, 3.05) is 0 Å². The third kappa shape index (κ3) is 11.5. The van der Waals surface area contributed by atoms with E-state index in [1.54, 1.807) is 6.92 Å². The summed E-state index contributed by atoms with van der Waals surface area (Å²) in [5.41, 5.74) is 0. The van der Waals surface area contributed by atoms with E-state index in [4.69, 9.17) is 10.2 Å². The molecule has 0 spiro atoms. The van der Waals surface area contributed by atoms with Crippen molar-refractivity contribution in [2.45, 2.75) is 70.5 Å². The molecule has 0 saturated heterocycles. The largest absolute Gasteiger partial charge is 0.481 e. The summed E-state index contributed by atoms with van der Waals surface area (Å²) in [5.74, 6) is -0.940. The lowest BCUT2D eigenvalue weighted by Crippen LogP contribution is -2.12. The highest BCUT2D eigenvalue weighted by molar-refractivity contribution is 5.67. The SMILES string of the molecule is C[C@@H](O)CCCCCCC[C@@H](O)CC(=O)O. The van der Waals surface area contributed by atoms with E-state index < -0.39 is 12.1 Å². The van der Waals surface area contributed by atoms with Crippen molar-refractivity contribution in [1.29, 1.82) is 0 Å². The highest BCUT2D eigenvalue weighted by Crippen LogP contribution is 2.11. The minimum absolute atomic E-state index is 0.151. The van der Waals surface area contributed by atoms with Gasteiger partial charge >= 0.3 is 5.97 Å². The predicted octanol–water partition coefficient (Wildman–Crippen LogP) is 1.93. The topological polar surface area (TPSA) is 77.8 Å². The van der Waals surface area contributed by atoms with Gasteiger partial charge in [-0.3, -0.25) is 4.79 Å². The molecular weight excluding hydrogens is 208 g/mol. The van der Waals surface area contributed by atoms with Crippen molar-refractivity contribution in [1.82, 2.24) is 0 Å². The third-order valence-corrected chi connectivity index (χ3v) is 2.57. The molecule has 4 nitrogen and oxygen atoms in total. The maximum absolute atomic E-state index is 10.3. The van der Waals surface area contributed by atoms with Crippen LogP contribution in [0, 0.1) is 0 Å². The number of aliphatic hydroxyl groups is 2. The monoisotopic (exact) mass is 232 g/mol. The number of hydrogen-bond acceptors (Lipinski definition) is 3. The summed E-state index contributed by atoms with van der Waals surface area (Å²) in [6.07, 6.45) is 5.49. The van der Waals surface area contributed by atoms with Crippen molar-refractivity contribution in [2.24, 2.45) is 0 Å². The molecule has 0 aromatic carbocycles. The van der Waals surface area contributed by atoms with E-state index in [0.717, 1.165) is 38.5 Å². The van der Waals surface area contributed by atoms with Crippen LogP contribution in [0.3, 0.4) is 0 Å². The Morgan fingerprint density at radius 2 is 1.50 bits per heavy atom. The first kappa shape index (κ1) is 15.4. The van der Waals surface area contributed by atoms with Crippen molar-refractivity contribution < 1.29 is 20.1 Å². The summed E-state index contributed by atoms with van der Waals surface area (Å²) < 4.78 is 0. The van der Waals surface area contributed by atoms with Crippen LogP contribution in [0.15, 0.2) is 0 Å². The molecule has 96 valence electrons. The first-order chi connectivity index (χ1) is 7.52. The highest BCUT2D eigenvalue weighted by atomic mass is 16.4. The van der Waals surface area contributed by atoms with E-state index in [0.29, 0.717) is 6.42 Å². The molecule has 3 N–H and O–H groups in total. The van der Waals surface area contributed by atoms with E-state index in [9.17, 15) is 9.90 Å². The molecule has 0 aliphatic carbocycles. The van der Waals surface area contributed by atoms with Gasteiger partial charge in [-0.1, -0.05) is 32.1 Å². The van der Waals surface area contributed by atoms with Crippen LogP contribution in [-0.2, 0) is 4.79 Å². The maximum Gasteiger partial charge on any atom is 0.305 e. The average Bonchev–Trinajstić information content (AvgIpc) is 2.14. The van der Waals surface area contributed by atoms with Crippen LogP contribution >= 0.6 is 0 Å². The zero-order chi connectivity index (χ0) is 12.4. The zero-order valence-electron chi connectivity index (χ0n) is 10.1. The lowest BCUT2D eigenvalue weighted by Gasteiger charge is -2.07. The first-order valence-electron chi connectivity index (χ1n) is 6.10. The van der Waals surface area contributed by atoms with Crippen LogP contribution in [0.4, 0.5) is 0 Å². The maximum atomic E-state index is 10.3. The first-order valence-corrected chi connectivity index (χ1v) is 6.10. The second-order valence-electron chi connectivity index (χ2n) is 4.45. The molecule has 0 aliphatic heterocycles. The van der Waals surface area contributed by atoms with Gasteiger partial charge in [0.1, 0.15) is 0 Å². The van der Waals surface area contributed by atoms with Gasteiger partial charge in [-0.05, 0) is 19.8 Å². The number of unbranched alkanes of at least 4 members (excludes halogenated alkanes) is 4. The van der Waals surface area contributed by atoms with Gasteiger partial charge in [0.05, 0.1) is 18.6 Å². The molecule has 0 aromatic rings. The number of aliphatic hydroxyl groups excluding tert-OH is 2. The number of aliphatic carboxylic acids is 1. The van der Waals surface area contributed by atoms with Crippen LogP contribution in [0.25, 0.3) is 0 Å². The molecule has 0 fully saturated rings.